The van der Waals surface area contributed by atoms with Crippen LogP contribution in [0.5, 0.6) is 5.75 Å². The van der Waals surface area contributed by atoms with Crippen molar-refractivity contribution < 1.29 is 31.1 Å². The molecule has 0 aromatic heterocycles. The molecule has 0 aliphatic rings. The normalized spacial score (nSPS) is 12.9. The number of halogens is 3. The smallest absolute Gasteiger partial charge is 0.406 e. The summed E-state index contributed by atoms with van der Waals surface area (Å²) in [7, 11) is -3.75. The van der Waals surface area contributed by atoms with Gasteiger partial charge in [0, 0.05) is 5.69 Å². The largest absolute Gasteiger partial charge is 0.573 e. The van der Waals surface area contributed by atoms with Crippen LogP contribution in [0.2, 0.25) is 0 Å². The predicted molar refractivity (Wildman–Crippen MR) is 95.0 cm³/mol. The van der Waals surface area contributed by atoms with E-state index >= 15 is 0 Å². The summed E-state index contributed by atoms with van der Waals surface area (Å²) in [5.41, 5.74) is 0.513. The standard InChI is InChI=1S/C17H17F3N2O4S/c1-12(22(27(2,24)25)14-6-4-3-5-7-14)16(23)21-13-8-10-15(11-9-13)26-17(18,19)20/h3-12H,1-2H3,(H,21,23). The lowest BCUT2D eigenvalue weighted by molar-refractivity contribution is -0.274. The fourth-order valence-corrected chi connectivity index (χ4v) is 3.55. The zero-order valence-corrected chi connectivity index (χ0v) is 15.2. The third-order valence-corrected chi connectivity index (χ3v) is 4.70. The van der Waals surface area contributed by atoms with Crippen molar-refractivity contribution in [3.63, 3.8) is 0 Å². The van der Waals surface area contributed by atoms with Crippen LogP contribution in [-0.2, 0) is 14.8 Å². The first kappa shape index (κ1) is 20.6. The van der Waals surface area contributed by atoms with Crippen LogP contribution < -0.4 is 14.4 Å². The second-order valence-corrected chi connectivity index (χ2v) is 7.49. The van der Waals surface area contributed by atoms with Crippen molar-refractivity contribution in [1.29, 1.82) is 0 Å². The van der Waals surface area contributed by atoms with E-state index in [2.05, 4.69) is 10.1 Å². The number of hydrogen-bond donors (Lipinski definition) is 1. The molecule has 0 bridgehead atoms. The highest BCUT2D eigenvalue weighted by molar-refractivity contribution is 7.92. The molecule has 2 aromatic rings. The zero-order valence-electron chi connectivity index (χ0n) is 14.4. The Bertz CT molecular complexity index is 885. The molecule has 0 fully saturated rings. The number of para-hydroxylation sites is 1. The topological polar surface area (TPSA) is 75.7 Å². The van der Waals surface area contributed by atoms with Gasteiger partial charge in [-0.3, -0.25) is 9.10 Å². The van der Waals surface area contributed by atoms with Crippen molar-refractivity contribution in [1.82, 2.24) is 0 Å². The molecule has 146 valence electrons. The average molecular weight is 402 g/mol. The van der Waals surface area contributed by atoms with Crippen molar-refractivity contribution in [2.24, 2.45) is 0 Å². The van der Waals surface area contributed by atoms with E-state index in [1.165, 1.54) is 19.1 Å². The molecule has 2 aromatic carbocycles. The van der Waals surface area contributed by atoms with Crippen molar-refractivity contribution in [2.75, 3.05) is 15.9 Å². The number of hydrogen-bond acceptors (Lipinski definition) is 4. The van der Waals surface area contributed by atoms with Gasteiger partial charge in [0.05, 0.1) is 11.9 Å². The monoisotopic (exact) mass is 402 g/mol. The Morgan fingerprint density at radius 1 is 1.07 bits per heavy atom. The van der Waals surface area contributed by atoms with Gasteiger partial charge in [-0.15, -0.1) is 13.2 Å². The third-order valence-electron chi connectivity index (χ3n) is 3.45. The highest BCUT2D eigenvalue weighted by Crippen LogP contribution is 2.25. The Hall–Kier alpha value is -2.75. The minimum absolute atomic E-state index is 0.197. The van der Waals surface area contributed by atoms with Crippen LogP contribution in [0.3, 0.4) is 0 Å². The zero-order chi connectivity index (χ0) is 20.2. The van der Waals surface area contributed by atoms with E-state index in [4.69, 9.17) is 0 Å². The average Bonchev–Trinajstić information content (AvgIpc) is 2.55. The molecule has 1 amide bonds. The summed E-state index contributed by atoms with van der Waals surface area (Å²) < 4.78 is 65.5. The molecule has 1 atom stereocenters. The molecule has 0 saturated carbocycles. The Morgan fingerprint density at radius 3 is 2.11 bits per heavy atom. The second kappa shape index (κ2) is 7.87. The number of alkyl halides is 3. The summed E-state index contributed by atoms with van der Waals surface area (Å²) in [6.45, 7) is 1.41. The van der Waals surface area contributed by atoms with E-state index in [9.17, 15) is 26.4 Å². The number of ether oxygens (including phenoxy) is 1. The Labute approximate surface area is 154 Å². The molecule has 0 aliphatic carbocycles. The number of rotatable bonds is 6. The van der Waals surface area contributed by atoms with E-state index in [0.29, 0.717) is 5.69 Å². The molecule has 6 nitrogen and oxygen atoms in total. The maximum Gasteiger partial charge on any atom is 0.573 e. The lowest BCUT2D eigenvalue weighted by Gasteiger charge is -2.28. The van der Waals surface area contributed by atoms with E-state index in [-0.39, 0.29) is 5.69 Å². The molecule has 0 aliphatic heterocycles. The van der Waals surface area contributed by atoms with Gasteiger partial charge in [0.25, 0.3) is 0 Å². The van der Waals surface area contributed by atoms with Crippen molar-refractivity contribution >= 4 is 27.3 Å². The number of benzene rings is 2. The SMILES string of the molecule is CC(C(=O)Nc1ccc(OC(F)(F)F)cc1)N(c1ccccc1)S(C)(=O)=O. The summed E-state index contributed by atoms with van der Waals surface area (Å²) in [4.78, 5) is 12.5. The van der Waals surface area contributed by atoms with Gasteiger partial charge in [0.1, 0.15) is 11.8 Å². The summed E-state index contributed by atoms with van der Waals surface area (Å²) in [6.07, 6.45) is -3.84. The number of amides is 1. The Kier molecular flexibility index (Phi) is 5.99. The highest BCUT2D eigenvalue weighted by atomic mass is 32.2. The predicted octanol–water partition coefficient (Wildman–Crippen LogP) is 3.38. The van der Waals surface area contributed by atoms with Crippen molar-refractivity contribution in [3.05, 3.63) is 54.6 Å². The van der Waals surface area contributed by atoms with Crippen LogP contribution in [-0.4, -0.2) is 33.0 Å². The maximum absolute atomic E-state index is 12.5. The molecule has 1 unspecified atom stereocenters. The van der Waals surface area contributed by atoms with Crippen molar-refractivity contribution in [3.8, 4) is 5.75 Å². The van der Waals surface area contributed by atoms with E-state index in [1.807, 2.05) is 0 Å². The number of carbonyl (C=O) groups is 1. The first-order valence-corrected chi connectivity index (χ1v) is 9.53. The van der Waals surface area contributed by atoms with Crippen LogP contribution in [0.1, 0.15) is 6.92 Å². The van der Waals surface area contributed by atoms with Crippen LogP contribution in [0.4, 0.5) is 24.5 Å². The van der Waals surface area contributed by atoms with Crippen LogP contribution >= 0.6 is 0 Å². The molecular formula is C17H17F3N2O4S. The van der Waals surface area contributed by atoms with Gasteiger partial charge in [-0.05, 0) is 43.3 Å². The number of nitrogens with zero attached hydrogens (tertiary/aromatic N) is 1. The van der Waals surface area contributed by atoms with E-state index < -0.39 is 34.1 Å². The third kappa shape index (κ3) is 5.88. The second-order valence-electron chi connectivity index (χ2n) is 5.63. The Balaban J connectivity index is 2.16. The first-order valence-electron chi connectivity index (χ1n) is 7.68. The number of anilines is 2. The van der Waals surface area contributed by atoms with Crippen LogP contribution in [0, 0.1) is 0 Å². The van der Waals surface area contributed by atoms with Gasteiger partial charge in [-0.1, -0.05) is 18.2 Å². The molecule has 2 rings (SSSR count). The molecule has 0 heterocycles. The quantitative estimate of drug-likeness (QED) is 0.804. The Morgan fingerprint density at radius 2 is 1.63 bits per heavy atom. The van der Waals surface area contributed by atoms with E-state index in [1.54, 1.807) is 30.3 Å². The maximum atomic E-state index is 12.5. The summed E-state index contributed by atoms with van der Waals surface area (Å²) in [6, 6.07) is 11.5. The molecule has 0 spiro atoms. The summed E-state index contributed by atoms with van der Waals surface area (Å²) in [5, 5.41) is 2.47. The van der Waals surface area contributed by atoms with Gasteiger partial charge >= 0.3 is 6.36 Å². The molecule has 27 heavy (non-hydrogen) atoms. The van der Waals surface area contributed by atoms with Gasteiger partial charge < -0.3 is 10.1 Å². The highest BCUT2D eigenvalue weighted by Gasteiger charge is 2.31. The fourth-order valence-electron chi connectivity index (χ4n) is 2.37. The van der Waals surface area contributed by atoms with Crippen molar-refractivity contribution in [2.45, 2.75) is 19.3 Å². The number of sulfonamides is 1. The number of nitrogens with one attached hydrogen (secondary N) is 1. The molecule has 10 heteroatoms. The van der Waals surface area contributed by atoms with Gasteiger partial charge in [0.15, 0.2) is 0 Å². The van der Waals surface area contributed by atoms with Gasteiger partial charge in [-0.25, -0.2) is 8.42 Å². The minimum Gasteiger partial charge on any atom is -0.406 e. The lowest BCUT2D eigenvalue weighted by Crippen LogP contribution is -2.45. The van der Waals surface area contributed by atoms with Gasteiger partial charge in [-0.2, -0.15) is 0 Å². The fraction of sp³-hybridized carbons (Fsp3) is 0.235. The molecular weight excluding hydrogens is 385 g/mol. The summed E-state index contributed by atoms with van der Waals surface area (Å²) in [5.74, 6) is -1.08. The molecule has 0 radical (unpaired) electrons. The van der Waals surface area contributed by atoms with Gasteiger partial charge in [0.2, 0.25) is 15.9 Å². The van der Waals surface area contributed by atoms with Crippen LogP contribution in [0.25, 0.3) is 0 Å². The molecule has 1 N–H and O–H groups in total. The summed E-state index contributed by atoms with van der Waals surface area (Å²) >= 11 is 0. The molecule has 0 saturated heterocycles. The first-order chi connectivity index (χ1) is 12.5. The van der Waals surface area contributed by atoms with E-state index in [0.717, 1.165) is 22.7 Å². The lowest BCUT2D eigenvalue weighted by atomic mass is 10.2. The minimum atomic E-state index is -4.81. The van der Waals surface area contributed by atoms with Crippen LogP contribution in [0.15, 0.2) is 54.6 Å². The number of carbonyl (C=O) groups excluding carboxylic acids is 1.